The van der Waals surface area contributed by atoms with Gasteiger partial charge in [0, 0.05) is 18.8 Å². The van der Waals surface area contributed by atoms with Crippen LogP contribution in [0.3, 0.4) is 0 Å². The fourth-order valence-corrected chi connectivity index (χ4v) is 2.43. The summed E-state index contributed by atoms with van der Waals surface area (Å²) in [5.74, 6) is -1.32. The Morgan fingerprint density at radius 2 is 1.96 bits per heavy atom. The van der Waals surface area contributed by atoms with Crippen LogP contribution in [0.4, 0.5) is 11.5 Å². The summed E-state index contributed by atoms with van der Waals surface area (Å²) in [7, 11) is 1.17. The molecule has 2 rings (SSSR count). The fraction of sp³-hybridized carbons (Fsp3) is 0.278. The highest BCUT2D eigenvalue weighted by atomic mass is 16.6. The predicted molar refractivity (Wildman–Crippen MR) is 96.4 cm³/mol. The molecule has 0 atom stereocenters. The lowest BCUT2D eigenvalue weighted by Crippen LogP contribution is -2.32. The van der Waals surface area contributed by atoms with E-state index in [9.17, 15) is 19.7 Å². The summed E-state index contributed by atoms with van der Waals surface area (Å²) in [5, 5.41) is 11.5. The van der Waals surface area contributed by atoms with Crippen LogP contribution in [0.15, 0.2) is 42.6 Å². The average Bonchev–Trinajstić information content (AvgIpc) is 2.67. The van der Waals surface area contributed by atoms with Crippen LogP contribution in [-0.4, -0.2) is 42.1 Å². The van der Waals surface area contributed by atoms with Gasteiger partial charge in [0.2, 0.25) is 5.82 Å². The first-order chi connectivity index (χ1) is 13.0. The maximum Gasteiger partial charge on any atom is 0.339 e. The minimum Gasteiger partial charge on any atom is -0.465 e. The number of hydrogen-bond donors (Lipinski definition) is 0. The quantitative estimate of drug-likeness (QED) is 0.394. The van der Waals surface area contributed by atoms with Gasteiger partial charge in [0.05, 0.1) is 24.2 Å². The van der Waals surface area contributed by atoms with E-state index in [0.29, 0.717) is 0 Å². The molecular weight excluding hydrogens is 354 g/mol. The molecule has 9 nitrogen and oxygen atoms in total. The molecule has 0 aliphatic rings. The molecule has 9 heteroatoms. The molecule has 0 fully saturated rings. The molecule has 0 spiro atoms. The first kappa shape index (κ1) is 19.8. The highest BCUT2D eigenvalue weighted by molar-refractivity contribution is 5.90. The van der Waals surface area contributed by atoms with Gasteiger partial charge in [-0.1, -0.05) is 30.3 Å². The van der Waals surface area contributed by atoms with E-state index in [0.717, 1.165) is 11.6 Å². The van der Waals surface area contributed by atoms with Gasteiger partial charge >= 0.3 is 17.6 Å². The largest absolute Gasteiger partial charge is 0.465 e. The van der Waals surface area contributed by atoms with Gasteiger partial charge in [-0.2, -0.15) is 0 Å². The number of benzene rings is 1. The summed E-state index contributed by atoms with van der Waals surface area (Å²) in [6, 6.07) is 10.2. The van der Waals surface area contributed by atoms with E-state index in [1.165, 1.54) is 18.2 Å². The van der Waals surface area contributed by atoms with Gasteiger partial charge in [0.15, 0.2) is 0 Å². The number of anilines is 1. The number of hydrogen-bond acceptors (Lipinski definition) is 8. The molecule has 0 saturated carbocycles. The Morgan fingerprint density at radius 1 is 1.26 bits per heavy atom. The SMILES string of the molecule is CCOC(=O)CN(Cc1ccccc1)c1ncc(C(=O)OC)cc1[N+](=O)[O-]. The van der Waals surface area contributed by atoms with Crippen LogP contribution in [-0.2, 0) is 20.8 Å². The third-order valence-corrected chi connectivity index (χ3v) is 3.61. The molecule has 1 heterocycles. The first-order valence-corrected chi connectivity index (χ1v) is 8.13. The minimum absolute atomic E-state index is 0.0374. The van der Waals surface area contributed by atoms with Gasteiger partial charge < -0.3 is 14.4 Å². The third kappa shape index (κ3) is 5.24. The van der Waals surface area contributed by atoms with Crippen LogP contribution in [0.5, 0.6) is 0 Å². The number of ether oxygens (including phenoxy) is 2. The molecule has 142 valence electrons. The van der Waals surface area contributed by atoms with E-state index in [-0.39, 0.29) is 31.1 Å². The lowest BCUT2D eigenvalue weighted by Gasteiger charge is -2.22. The van der Waals surface area contributed by atoms with Gasteiger partial charge in [-0.3, -0.25) is 14.9 Å². The van der Waals surface area contributed by atoms with E-state index in [1.54, 1.807) is 6.92 Å². The van der Waals surface area contributed by atoms with Crippen LogP contribution in [0, 0.1) is 10.1 Å². The van der Waals surface area contributed by atoms with Crippen LogP contribution in [0.2, 0.25) is 0 Å². The zero-order valence-corrected chi connectivity index (χ0v) is 15.0. The van der Waals surface area contributed by atoms with Gasteiger partial charge in [-0.25, -0.2) is 9.78 Å². The number of methoxy groups -OCH3 is 1. The second-order valence-electron chi connectivity index (χ2n) is 5.46. The molecule has 0 saturated heterocycles. The van der Waals surface area contributed by atoms with Crippen LogP contribution in [0.1, 0.15) is 22.8 Å². The van der Waals surface area contributed by atoms with Crippen molar-refractivity contribution in [3.63, 3.8) is 0 Å². The fourth-order valence-electron chi connectivity index (χ4n) is 2.43. The Hall–Kier alpha value is -3.49. The van der Waals surface area contributed by atoms with E-state index in [4.69, 9.17) is 4.74 Å². The Balaban J connectivity index is 2.44. The molecule has 0 radical (unpaired) electrons. The highest BCUT2D eigenvalue weighted by Crippen LogP contribution is 2.28. The summed E-state index contributed by atoms with van der Waals surface area (Å²) < 4.78 is 9.53. The number of carbonyl (C=O) groups is 2. The Kier molecular flexibility index (Phi) is 6.81. The van der Waals surface area contributed by atoms with Gasteiger partial charge in [0.1, 0.15) is 6.54 Å². The minimum atomic E-state index is -0.739. The Morgan fingerprint density at radius 3 is 2.56 bits per heavy atom. The van der Waals surface area contributed by atoms with Gasteiger partial charge in [0.25, 0.3) is 0 Å². The van der Waals surface area contributed by atoms with Crippen molar-refractivity contribution in [2.75, 3.05) is 25.2 Å². The van der Waals surface area contributed by atoms with Crippen molar-refractivity contribution in [2.45, 2.75) is 13.5 Å². The van der Waals surface area contributed by atoms with Crippen molar-refractivity contribution < 1.29 is 24.0 Å². The second-order valence-corrected chi connectivity index (χ2v) is 5.46. The normalized spacial score (nSPS) is 10.1. The number of nitrogens with zero attached hydrogens (tertiary/aromatic N) is 3. The first-order valence-electron chi connectivity index (χ1n) is 8.13. The van der Waals surface area contributed by atoms with E-state index >= 15 is 0 Å². The Labute approximate surface area is 155 Å². The number of nitro groups is 1. The number of rotatable bonds is 8. The Bertz CT molecular complexity index is 825. The molecule has 0 aliphatic carbocycles. The molecular formula is C18H19N3O6. The predicted octanol–water partition coefficient (Wildman–Crippen LogP) is 2.35. The number of aromatic nitrogens is 1. The monoisotopic (exact) mass is 373 g/mol. The molecule has 0 amide bonds. The molecule has 1 aromatic carbocycles. The molecule has 0 bridgehead atoms. The van der Waals surface area contributed by atoms with Crippen molar-refractivity contribution in [3.05, 3.63) is 63.8 Å². The van der Waals surface area contributed by atoms with Crippen LogP contribution < -0.4 is 4.90 Å². The summed E-state index contributed by atoms with van der Waals surface area (Å²) in [5.41, 5.74) is 0.372. The lowest BCUT2D eigenvalue weighted by molar-refractivity contribution is -0.384. The van der Waals surface area contributed by atoms with Crippen molar-refractivity contribution in [3.8, 4) is 0 Å². The zero-order valence-electron chi connectivity index (χ0n) is 15.0. The number of pyridine rings is 1. The summed E-state index contributed by atoms with van der Waals surface area (Å²) >= 11 is 0. The van der Waals surface area contributed by atoms with Crippen LogP contribution in [0.25, 0.3) is 0 Å². The third-order valence-electron chi connectivity index (χ3n) is 3.61. The second kappa shape index (κ2) is 9.27. The molecule has 0 N–H and O–H groups in total. The van der Waals surface area contributed by atoms with Gasteiger partial charge in [-0.05, 0) is 12.5 Å². The van der Waals surface area contributed by atoms with Crippen molar-refractivity contribution in [2.24, 2.45) is 0 Å². The van der Waals surface area contributed by atoms with Crippen molar-refractivity contribution in [1.29, 1.82) is 0 Å². The summed E-state index contributed by atoms with van der Waals surface area (Å²) in [6.07, 6.45) is 1.18. The summed E-state index contributed by atoms with van der Waals surface area (Å²) in [4.78, 5) is 40.0. The standard InChI is InChI=1S/C18H19N3O6/c1-3-27-16(22)12-20(11-13-7-5-4-6-8-13)17-15(21(24)25)9-14(10-19-17)18(23)26-2/h4-10H,3,11-12H2,1-2H3. The maximum atomic E-state index is 12.0. The molecule has 0 unspecified atom stereocenters. The van der Waals surface area contributed by atoms with E-state index in [1.807, 2.05) is 30.3 Å². The maximum absolute atomic E-state index is 12.0. The summed E-state index contributed by atoms with van der Waals surface area (Å²) in [6.45, 7) is 1.83. The van der Waals surface area contributed by atoms with Crippen molar-refractivity contribution in [1.82, 2.24) is 4.98 Å². The molecule has 0 aliphatic heterocycles. The zero-order chi connectivity index (χ0) is 19.8. The molecule has 1 aromatic heterocycles. The number of carbonyl (C=O) groups excluding carboxylic acids is 2. The van der Waals surface area contributed by atoms with Gasteiger partial charge in [-0.15, -0.1) is 0 Å². The molecule has 2 aromatic rings. The molecule has 27 heavy (non-hydrogen) atoms. The van der Waals surface area contributed by atoms with Crippen LogP contribution >= 0.6 is 0 Å². The lowest BCUT2D eigenvalue weighted by atomic mass is 10.2. The van der Waals surface area contributed by atoms with E-state index in [2.05, 4.69) is 9.72 Å². The average molecular weight is 373 g/mol. The topological polar surface area (TPSA) is 112 Å². The van der Waals surface area contributed by atoms with E-state index < -0.39 is 22.5 Å². The smallest absolute Gasteiger partial charge is 0.339 e. The number of esters is 2. The van der Waals surface area contributed by atoms with Crippen molar-refractivity contribution >= 4 is 23.4 Å². The highest BCUT2D eigenvalue weighted by Gasteiger charge is 2.26.